The number of unbranched alkanes of at least 4 members (excludes halogenated alkanes) is 71. The minimum absolute atomic E-state index is 0.0235. The van der Waals surface area contributed by atoms with E-state index in [0.29, 0.717) is 25.9 Å². The maximum absolute atomic E-state index is 12.5. The third-order valence-corrected chi connectivity index (χ3v) is 20.7. The Morgan fingerprint density at radius 1 is 0.264 bits per heavy atom. The lowest BCUT2D eigenvalue weighted by molar-refractivity contribution is -0.143. The van der Waals surface area contributed by atoms with E-state index in [1.54, 1.807) is 0 Å². The molecule has 0 saturated heterocycles. The van der Waals surface area contributed by atoms with Crippen LogP contribution in [0.1, 0.15) is 508 Å². The highest BCUT2D eigenvalue weighted by molar-refractivity contribution is 5.76. The predicted octanol–water partition coefficient (Wildman–Crippen LogP) is 28.4. The van der Waals surface area contributed by atoms with Crippen LogP contribution in [0.4, 0.5) is 0 Å². The topological polar surface area (TPSA) is 95.9 Å². The molecule has 0 aromatic rings. The van der Waals surface area contributed by atoms with Crippen LogP contribution in [-0.4, -0.2) is 47.4 Å². The van der Waals surface area contributed by atoms with Crippen LogP contribution in [0, 0.1) is 0 Å². The largest absolute Gasteiger partial charge is 0.466 e. The molecule has 3 N–H and O–H groups in total. The van der Waals surface area contributed by atoms with Crippen LogP contribution in [0.15, 0.2) is 0 Å². The van der Waals surface area contributed by atoms with Crippen molar-refractivity contribution in [1.29, 1.82) is 0 Å². The van der Waals surface area contributed by atoms with Crippen LogP contribution in [0.3, 0.4) is 0 Å². The highest BCUT2D eigenvalue weighted by Gasteiger charge is 2.20. The number of nitrogens with one attached hydrogen (secondary N) is 1. The molecule has 1 amide bonds. The van der Waals surface area contributed by atoms with Crippen LogP contribution < -0.4 is 5.32 Å². The van der Waals surface area contributed by atoms with Gasteiger partial charge >= 0.3 is 5.97 Å². The summed E-state index contributed by atoms with van der Waals surface area (Å²) in [6.07, 6.45) is 102. The van der Waals surface area contributed by atoms with Gasteiger partial charge in [-0.05, 0) is 25.7 Å². The van der Waals surface area contributed by atoms with Crippen molar-refractivity contribution in [3.8, 4) is 0 Å². The second-order valence-electron chi connectivity index (χ2n) is 29.9. The van der Waals surface area contributed by atoms with Crippen molar-refractivity contribution in [3.05, 3.63) is 0 Å². The number of carbonyl (C=O) groups is 2. The molecule has 6 nitrogen and oxygen atoms in total. The molecule has 0 bridgehead atoms. The number of aliphatic hydroxyl groups excluding tert-OH is 2. The standard InChI is InChI=1S/C85H169NO5/c1-3-5-7-9-11-13-15-17-19-21-47-51-55-59-63-67-71-75-79-85(90)91-80-76-72-68-64-60-56-52-48-44-42-40-38-36-34-32-30-28-26-24-22-23-25-27-29-31-33-35-37-39-41-43-46-50-54-58-62-66-70-74-78-84(89)86-82(81-87)83(88)77-73-69-65-61-57-53-49-45-20-18-16-14-12-10-8-6-4-2/h82-83,87-88H,3-81H2,1-2H3,(H,86,89). The van der Waals surface area contributed by atoms with E-state index in [2.05, 4.69) is 19.2 Å². The maximum Gasteiger partial charge on any atom is 0.305 e. The monoisotopic (exact) mass is 1280 g/mol. The van der Waals surface area contributed by atoms with E-state index in [4.69, 9.17) is 4.74 Å². The zero-order valence-corrected chi connectivity index (χ0v) is 62.6. The van der Waals surface area contributed by atoms with Gasteiger partial charge in [0.25, 0.3) is 0 Å². The van der Waals surface area contributed by atoms with Crippen molar-refractivity contribution < 1.29 is 24.5 Å². The molecule has 2 atom stereocenters. The van der Waals surface area contributed by atoms with Gasteiger partial charge in [0.2, 0.25) is 5.91 Å². The second-order valence-corrected chi connectivity index (χ2v) is 29.9. The van der Waals surface area contributed by atoms with Gasteiger partial charge in [-0.15, -0.1) is 0 Å². The quantitative estimate of drug-likeness (QED) is 0.0417. The first-order valence-corrected chi connectivity index (χ1v) is 42.8. The first kappa shape index (κ1) is 89.9. The lowest BCUT2D eigenvalue weighted by atomic mass is 10.0. The van der Waals surface area contributed by atoms with Gasteiger partial charge in [-0.1, -0.05) is 470 Å². The minimum atomic E-state index is -0.659. The Balaban J connectivity index is 3.27. The molecule has 0 aromatic heterocycles. The summed E-state index contributed by atoms with van der Waals surface area (Å²) in [5.74, 6) is 0.00651. The third-order valence-electron chi connectivity index (χ3n) is 20.7. The second kappa shape index (κ2) is 81.3. The van der Waals surface area contributed by atoms with Crippen molar-refractivity contribution in [1.82, 2.24) is 5.32 Å². The van der Waals surface area contributed by atoms with E-state index in [1.807, 2.05) is 0 Å². The SMILES string of the molecule is CCCCCCCCCCCCCCCCCCCCC(=O)OCCCCCCCCCCCCCCCCCCCCCCCCCCCCCCCCCCCCCCCCCC(=O)NC(CO)C(O)CCCCCCCCCCCCCCCCCCC. The highest BCUT2D eigenvalue weighted by Crippen LogP contribution is 2.21. The Kier molecular flexibility index (Phi) is 80.3. The Morgan fingerprint density at radius 2 is 0.451 bits per heavy atom. The summed E-state index contributed by atoms with van der Waals surface area (Å²) < 4.78 is 5.53. The molecule has 0 spiro atoms. The minimum Gasteiger partial charge on any atom is -0.466 e. The van der Waals surface area contributed by atoms with Crippen molar-refractivity contribution in [2.24, 2.45) is 0 Å². The molecule has 6 heteroatoms. The summed E-state index contributed by atoms with van der Waals surface area (Å²) in [6, 6.07) is -0.536. The lowest BCUT2D eigenvalue weighted by Crippen LogP contribution is -2.45. The third kappa shape index (κ3) is 77.7. The normalized spacial score (nSPS) is 12.4. The predicted molar refractivity (Wildman–Crippen MR) is 403 cm³/mol. The van der Waals surface area contributed by atoms with Gasteiger partial charge in [-0.25, -0.2) is 0 Å². The number of aliphatic hydroxyl groups is 2. The molecule has 0 fully saturated rings. The van der Waals surface area contributed by atoms with E-state index in [0.717, 1.165) is 38.5 Å². The average molecular weight is 1290 g/mol. The Hall–Kier alpha value is -1.14. The molecule has 0 aliphatic carbocycles. The van der Waals surface area contributed by atoms with E-state index >= 15 is 0 Å². The smallest absolute Gasteiger partial charge is 0.305 e. The van der Waals surface area contributed by atoms with E-state index in [1.165, 1.54) is 437 Å². The molecule has 0 radical (unpaired) electrons. The first-order valence-electron chi connectivity index (χ1n) is 42.8. The zero-order valence-electron chi connectivity index (χ0n) is 62.6. The Morgan fingerprint density at radius 3 is 0.670 bits per heavy atom. The molecule has 91 heavy (non-hydrogen) atoms. The summed E-state index contributed by atoms with van der Waals surface area (Å²) in [4.78, 5) is 24.7. The van der Waals surface area contributed by atoms with Crippen molar-refractivity contribution in [3.63, 3.8) is 0 Å². The molecule has 0 heterocycles. The summed E-state index contributed by atoms with van der Waals surface area (Å²) >= 11 is 0. The summed E-state index contributed by atoms with van der Waals surface area (Å²) in [5, 5.41) is 23.4. The van der Waals surface area contributed by atoms with Crippen LogP contribution in [-0.2, 0) is 14.3 Å². The highest BCUT2D eigenvalue weighted by atomic mass is 16.5. The lowest BCUT2D eigenvalue weighted by Gasteiger charge is -2.22. The fourth-order valence-electron chi connectivity index (χ4n) is 14.2. The molecule has 0 saturated carbocycles. The summed E-state index contributed by atoms with van der Waals surface area (Å²) in [6.45, 7) is 5.02. The molecule has 0 aliphatic heterocycles. The molecular weight excluding hydrogens is 1110 g/mol. The number of carbonyl (C=O) groups excluding carboxylic acids is 2. The Labute approximate surface area is 572 Å². The summed E-state index contributed by atoms with van der Waals surface area (Å²) in [7, 11) is 0. The number of rotatable bonds is 82. The van der Waals surface area contributed by atoms with Crippen LogP contribution in [0.5, 0.6) is 0 Å². The number of amides is 1. The number of ether oxygens (including phenoxy) is 1. The van der Waals surface area contributed by atoms with Crippen LogP contribution in [0.2, 0.25) is 0 Å². The summed E-state index contributed by atoms with van der Waals surface area (Å²) in [5.41, 5.74) is 0. The van der Waals surface area contributed by atoms with Gasteiger partial charge in [0, 0.05) is 12.8 Å². The van der Waals surface area contributed by atoms with Crippen molar-refractivity contribution >= 4 is 11.9 Å². The van der Waals surface area contributed by atoms with Gasteiger partial charge in [-0.3, -0.25) is 9.59 Å². The number of esters is 1. The zero-order chi connectivity index (χ0) is 65.6. The van der Waals surface area contributed by atoms with Gasteiger partial charge < -0.3 is 20.3 Å². The van der Waals surface area contributed by atoms with Gasteiger partial charge in [0.05, 0.1) is 25.4 Å². The van der Waals surface area contributed by atoms with E-state index in [9.17, 15) is 19.8 Å². The van der Waals surface area contributed by atoms with E-state index in [-0.39, 0.29) is 18.5 Å². The fraction of sp³-hybridized carbons (Fsp3) is 0.976. The van der Waals surface area contributed by atoms with Crippen LogP contribution in [0.25, 0.3) is 0 Å². The van der Waals surface area contributed by atoms with Gasteiger partial charge in [0.15, 0.2) is 0 Å². The number of hydrogen-bond acceptors (Lipinski definition) is 5. The average Bonchev–Trinajstić information content (AvgIpc) is 3.73. The molecule has 2 unspecified atom stereocenters. The van der Waals surface area contributed by atoms with Crippen molar-refractivity contribution in [2.75, 3.05) is 13.2 Å². The Bertz CT molecular complexity index is 1340. The van der Waals surface area contributed by atoms with E-state index < -0.39 is 12.1 Å². The van der Waals surface area contributed by atoms with Crippen molar-refractivity contribution in [2.45, 2.75) is 520 Å². The maximum atomic E-state index is 12.5. The molecule has 0 rings (SSSR count). The van der Waals surface area contributed by atoms with Gasteiger partial charge in [0.1, 0.15) is 0 Å². The van der Waals surface area contributed by atoms with Gasteiger partial charge in [-0.2, -0.15) is 0 Å². The molecule has 0 aromatic carbocycles. The van der Waals surface area contributed by atoms with Crippen LogP contribution >= 0.6 is 0 Å². The molecule has 544 valence electrons. The number of hydrogen-bond donors (Lipinski definition) is 3. The molecule has 0 aliphatic rings. The molecular formula is C85H169NO5. The fourth-order valence-corrected chi connectivity index (χ4v) is 14.2. The first-order chi connectivity index (χ1) is 45.0.